The highest BCUT2D eigenvalue weighted by molar-refractivity contribution is 9.10. The standard InChI is InChI=1S/C24H29BrN2O3/c1-2-6-19(22(23(26)28)16-7-9-17(10-8-16)24(29)30)20-15-18(25)11-12-21(20)27-13-4-3-5-14-27/h7-12,15,19,22H,2-6,13-14H2,1H3,(H2,26,28)(H,29,30). The van der Waals surface area contributed by atoms with Crippen molar-refractivity contribution in [2.24, 2.45) is 5.73 Å². The summed E-state index contributed by atoms with van der Waals surface area (Å²) < 4.78 is 0.976. The number of benzene rings is 2. The number of halogens is 1. The van der Waals surface area contributed by atoms with Crippen LogP contribution in [0.1, 0.15) is 72.3 Å². The molecule has 3 rings (SSSR count). The lowest BCUT2D eigenvalue weighted by atomic mass is 9.77. The lowest BCUT2D eigenvalue weighted by Crippen LogP contribution is -2.32. The minimum atomic E-state index is -0.985. The van der Waals surface area contributed by atoms with E-state index >= 15 is 0 Å². The zero-order valence-corrected chi connectivity index (χ0v) is 18.9. The van der Waals surface area contributed by atoms with Crippen LogP contribution in [0, 0.1) is 0 Å². The van der Waals surface area contributed by atoms with Crippen LogP contribution in [-0.4, -0.2) is 30.1 Å². The van der Waals surface area contributed by atoms with Crippen LogP contribution in [0.15, 0.2) is 46.9 Å². The molecule has 160 valence electrons. The van der Waals surface area contributed by atoms with Crippen LogP contribution in [-0.2, 0) is 4.79 Å². The zero-order valence-electron chi connectivity index (χ0n) is 17.3. The quantitative estimate of drug-likeness (QED) is 0.546. The molecule has 1 aliphatic rings. The molecule has 2 aromatic carbocycles. The first-order chi connectivity index (χ1) is 14.4. The Morgan fingerprint density at radius 3 is 2.33 bits per heavy atom. The van der Waals surface area contributed by atoms with Gasteiger partial charge in [0, 0.05) is 29.2 Å². The van der Waals surface area contributed by atoms with Crippen molar-refractivity contribution in [2.75, 3.05) is 18.0 Å². The van der Waals surface area contributed by atoms with E-state index in [-0.39, 0.29) is 17.4 Å². The largest absolute Gasteiger partial charge is 0.478 e. The summed E-state index contributed by atoms with van der Waals surface area (Å²) >= 11 is 3.61. The van der Waals surface area contributed by atoms with Gasteiger partial charge < -0.3 is 15.7 Å². The van der Waals surface area contributed by atoms with Gasteiger partial charge in [0.25, 0.3) is 0 Å². The number of carboxylic acid groups (broad SMARTS) is 1. The maximum atomic E-state index is 12.7. The smallest absolute Gasteiger partial charge is 0.335 e. The minimum Gasteiger partial charge on any atom is -0.478 e. The number of carbonyl (C=O) groups excluding carboxylic acids is 1. The van der Waals surface area contributed by atoms with Crippen molar-refractivity contribution < 1.29 is 14.7 Å². The summed E-state index contributed by atoms with van der Waals surface area (Å²) in [4.78, 5) is 26.3. The average molecular weight is 473 g/mol. The lowest BCUT2D eigenvalue weighted by Gasteiger charge is -2.34. The van der Waals surface area contributed by atoms with E-state index in [1.54, 1.807) is 24.3 Å². The second kappa shape index (κ2) is 10.1. The number of carbonyl (C=O) groups is 2. The van der Waals surface area contributed by atoms with Crippen LogP contribution in [0.5, 0.6) is 0 Å². The van der Waals surface area contributed by atoms with Gasteiger partial charge in [-0.1, -0.05) is 41.4 Å². The molecular formula is C24H29BrN2O3. The molecule has 0 bridgehead atoms. The summed E-state index contributed by atoms with van der Waals surface area (Å²) in [5, 5.41) is 9.20. The Morgan fingerprint density at radius 2 is 1.77 bits per heavy atom. The van der Waals surface area contributed by atoms with E-state index in [1.807, 2.05) is 0 Å². The molecule has 1 aliphatic heterocycles. The van der Waals surface area contributed by atoms with Gasteiger partial charge in [-0.2, -0.15) is 0 Å². The van der Waals surface area contributed by atoms with E-state index in [0.717, 1.165) is 41.5 Å². The van der Waals surface area contributed by atoms with Gasteiger partial charge in [0.2, 0.25) is 5.91 Å². The fourth-order valence-corrected chi connectivity index (χ4v) is 4.86. The number of primary amides is 1. The number of piperidine rings is 1. The lowest BCUT2D eigenvalue weighted by molar-refractivity contribution is -0.120. The second-order valence-electron chi connectivity index (χ2n) is 7.95. The molecule has 1 heterocycles. The Morgan fingerprint density at radius 1 is 1.10 bits per heavy atom. The van der Waals surface area contributed by atoms with Crippen molar-refractivity contribution >= 4 is 33.5 Å². The Kier molecular flexibility index (Phi) is 7.53. The van der Waals surface area contributed by atoms with Crippen molar-refractivity contribution in [2.45, 2.75) is 50.9 Å². The van der Waals surface area contributed by atoms with Gasteiger partial charge >= 0.3 is 5.97 Å². The number of nitrogens with zero attached hydrogens (tertiary/aromatic N) is 1. The molecule has 0 radical (unpaired) electrons. The Bertz CT molecular complexity index is 892. The van der Waals surface area contributed by atoms with Crippen molar-refractivity contribution in [3.63, 3.8) is 0 Å². The number of aromatic carboxylic acids is 1. The van der Waals surface area contributed by atoms with Crippen molar-refractivity contribution in [3.05, 3.63) is 63.6 Å². The summed E-state index contributed by atoms with van der Waals surface area (Å²) in [6.07, 6.45) is 5.31. The molecular weight excluding hydrogens is 444 g/mol. The molecule has 0 saturated carbocycles. The minimum absolute atomic E-state index is 0.0856. The molecule has 3 N–H and O–H groups in total. The van der Waals surface area contributed by atoms with Crippen LogP contribution < -0.4 is 10.6 Å². The fourth-order valence-electron chi connectivity index (χ4n) is 4.49. The third kappa shape index (κ3) is 5.04. The van der Waals surface area contributed by atoms with Gasteiger partial charge in [-0.15, -0.1) is 0 Å². The SMILES string of the molecule is CCCC(c1cc(Br)ccc1N1CCCCC1)C(C(N)=O)c1ccc(C(=O)O)cc1. The third-order valence-corrected chi connectivity index (χ3v) is 6.40. The Balaban J connectivity index is 2.07. The van der Waals surface area contributed by atoms with Crippen LogP contribution in [0.3, 0.4) is 0 Å². The highest BCUT2D eigenvalue weighted by atomic mass is 79.9. The van der Waals surface area contributed by atoms with E-state index < -0.39 is 11.9 Å². The number of rotatable bonds is 8. The zero-order chi connectivity index (χ0) is 21.7. The van der Waals surface area contributed by atoms with Gasteiger partial charge in [0.15, 0.2) is 0 Å². The molecule has 1 saturated heterocycles. The number of nitrogens with two attached hydrogens (primary N) is 1. The molecule has 1 amide bonds. The van der Waals surface area contributed by atoms with Gasteiger partial charge in [-0.05, 0) is 67.1 Å². The summed E-state index contributed by atoms with van der Waals surface area (Å²) in [6, 6.07) is 12.8. The predicted octanol–water partition coefficient (Wildman–Crippen LogP) is 5.29. The molecule has 1 fully saturated rings. The van der Waals surface area contributed by atoms with Gasteiger partial charge in [0.05, 0.1) is 11.5 Å². The summed E-state index contributed by atoms with van der Waals surface area (Å²) in [5.74, 6) is -1.98. The highest BCUT2D eigenvalue weighted by Gasteiger charge is 2.32. The number of hydrogen-bond acceptors (Lipinski definition) is 3. The molecule has 5 nitrogen and oxygen atoms in total. The van der Waals surface area contributed by atoms with Gasteiger partial charge in [-0.25, -0.2) is 4.79 Å². The normalized spacial score (nSPS) is 16.1. The first-order valence-corrected chi connectivity index (χ1v) is 11.4. The topological polar surface area (TPSA) is 83.6 Å². The first kappa shape index (κ1) is 22.3. The first-order valence-electron chi connectivity index (χ1n) is 10.6. The third-order valence-electron chi connectivity index (χ3n) is 5.91. The fraction of sp³-hybridized carbons (Fsp3) is 0.417. The van der Waals surface area contributed by atoms with Crippen molar-refractivity contribution in [3.8, 4) is 0 Å². The summed E-state index contributed by atoms with van der Waals surface area (Å²) in [7, 11) is 0. The second-order valence-corrected chi connectivity index (χ2v) is 8.87. The monoisotopic (exact) mass is 472 g/mol. The van der Waals surface area contributed by atoms with Crippen LogP contribution in [0.4, 0.5) is 5.69 Å². The molecule has 6 heteroatoms. The highest BCUT2D eigenvalue weighted by Crippen LogP contribution is 2.42. The van der Waals surface area contributed by atoms with Gasteiger partial charge in [0.1, 0.15) is 0 Å². The van der Waals surface area contributed by atoms with Crippen LogP contribution in [0.2, 0.25) is 0 Å². The molecule has 2 atom stereocenters. The average Bonchev–Trinajstić information content (AvgIpc) is 2.74. The Hall–Kier alpha value is -2.34. The number of amides is 1. The van der Waals surface area contributed by atoms with E-state index in [1.165, 1.54) is 24.9 Å². The maximum absolute atomic E-state index is 12.7. The number of anilines is 1. The summed E-state index contributed by atoms with van der Waals surface area (Å²) in [5.41, 5.74) is 9.18. The van der Waals surface area contributed by atoms with Crippen molar-refractivity contribution in [1.82, 2.24) is 0 Å². The van der Waals surface area contributed by atoms with E-state index in [9.17, 15) is 14.7 Å². The number of carboxylic acids is 1. The van der Waals surface area contributed by atoms with Crippen molar-refractivity contribution in [1.29, 1.82) is 0 Å². The van der Waals surface area contributed by atoms with Crippen LogP contribution in [0.25, 0.3) is 0 Å². The summed E-state index contributed by atoms with van der Waals surface area (Å²) in [6.45, 7) is 4.14. The predicted molar refractivity (Wildman–Crippen MR) is 123 cm³/mol. The van der Waals surface area contributed by atoms with Crippen LogP contribution >= 0.6 is 15.9 Å². The van der Waals surface area contributed by atoms with E-state index in [0.29, 0.717) is 0 Å². The maximum Gasteiger partial charge on any atom is 0.335 e. The van der Waals surface area contributed by atoms with Gasteiger partial charge in [-0.3, -0.25) is 4.79 Å². The number of hydrogen-bond donors (Lipinski definition) is 2. The van der Waals surface area contributed by atoms with E-state index in [4.69, 9.17) is 5.73 Å². The molecule has 2 unspecified atom stereocenters. The van der Waals surface area contributed by atoms with E-state index in [2.05, 4.69) is 46.0 Å². The Labute approximate surface area is 186 Å². The molecule has 30 heavy (non-hydrogen) atoms. The molecule has 0 aliphatic carbocycles. The molecule has 0 spiro atoms. The molecule has 2 aromatic rings. The molecule has 0 aromatic heterocycles.